The van der Waals surface area contributed by atoms with E-state index in [0.29, 0.717) is 17.4 Å². The van der Waals surface area contributed by atoms with Gasteiger partial charge in [-0.2, -0.15) is 13.2 Å². The summed E-state index contributed by atoms with van der Waals surface area (Å²) >= 11 is 6.67. The van der Waals surface area contributed by atoms with Gasteiger partial charge in [0.2, 0.25) is 0 Å². The van der Waals surface area contributed by atoms with Crippen molar-refractivity contribution < 1.29 is 32.2 Å². The molecule has 0 spiro atoms. The summed E-state index contributed by atoms with van der Waals surface area (Å²) in [5.41, 5.74) is -0.119. The number of benzene rings is 1. The van der Waals surface area contributed by atoms with Crippen molar-refractivity contribution in [1.29, 1.82) is 0 Å². The minimum atomic E-state index is -4.59. The first-order valence-electron chi connectivity index (χ1n) is 8.38. The predicted octanol–water partition coefficient (Wildman–Crippen LogP) is 5.15. The molecule has 2 aromatic rings. The maximum Gasteiger partial charge on any atom is 0.417 e. The van der Waals surface area contributed by atoms with Gasteiger partial charge in [0.15, 0.2) is 0 Å². The Balaban J connectivity index is 2.24. The first-order valence-corrected chi connectivity index (χ1v) is 9.58. The van der Waals surface area contributed by atoms with Crippen molar-refractivity contribution in [3.05, 3.63) is 63.8 Å². The molecule has 0 saturated heterocycles. The highest BCUT2D eigenvalue weighted by Gasteiger charge is 2.32. The topological polar surface area (TPSA) is 77.5 Å². The van der Waals surface area contributed by atoms with Gasteiger partial charge in [-0.15, -0.1) is 0 Å². The average Bonchev–Trinajstić information content (AvgIpc) is 2.71. The molecule has 0 aliphatic carbocycles. The lowest BCUT2D eigenvalue weighted by molar-refractivity contribution is -0.138. The Morgan fingerprint density at radius 1 is 1.27 bits per heavy atom. The molecule has 0 bridgehead atoms. The van der Waals surface area contributed by atoms with Gasteiger partial charge < -0.3 is 14.8 Å². The monoisotopic (exact) mass is 460 g/mol. The summed E-state index contributed by atoms with van der Waals surface area (Å²) in [7, 11) is 1.26. The Kier molecular flexibility index (Phi) is 8.13. The minimum Gasteiger partial charge on any atom is -0.465 e. The zero-order chi connectivity index (χ0) is 22.3. The zero-order valence-corrected chi connectivity index (χ0v) is 17.3. The van der Waals surface area contributed by atoms with Gasteiger partial charge >= 0.3 is 18.1 Å². The van der Waals surface area contributed by atoms with Crippen molar-refractivity contribution in [3.8, 4) is 0 Å². The Morgan fingerprint density at radius 2 is 1.93 bits per heavy atom. The second-order valence-corrected chi connectivity index (χ2v) is 6.99. The van der Waals surface area contributed by atoms with Crippen LogP contribution in [0.4, 0.5) is 18.9 Å². The van der Waals surface area contributed by atoms with Crippen LogP contribution in [-0.4, -0.2) is 30.6 Å². The van der Waals surface area contributed by atoms with E-state index in [4.69, 9.17) is 16.3 Å². The lowest BCUT2D eigenvalue weighted by Gasteiger charge is -2.11. The molecule has 1 N–H and O–H groups in total. The third-order valence-electron chi connectivity index (χ3n) is 3.49. The summed E-state index contributed by atoms with van der Waals surface area (Å²) in [6.45, 7) is 1.71. The number of rotatable bonds is 7. The van der Waals surface area contributed by atoms with Crippen LogP contribution in [0.1, 0.15) is 22.8 Å². The number of anilines is 1. The molecule has 0 aliphatic rings. The van der Waals surface area contributed by atoms with Crippen molar-refractivity contribution in [3.63, 3.8) is 0 Å². The number of aromatic nitrogens is 1. The van der Waals surface area contributed by atoms with Crippen LogP contribution < -0.4 is 5.32 Å². The number of alkyl halides is 3. The van der Waals surface area contributed by atoms with E-state index in [2.05, 4.69) is 15.0 Å². The summed E-state index contributed by atoms with van der Waals surface area (Å²) in [4.78, 5) is 27.4. The van der Waals surface area contributed by atoms with Gasteiger partial charge in [0.1, 0.15) is 9.93 Å². The van der Waals surface area contributed by atoms with E-state index in [9.17, 15) is 22.8 Å². The number of hydrogen-bond donors (Lipinski definition) is 1. The van der Waals surface area contributed by atoms with Gasteiger partial charge in [0, 0.05) is 18.1 Å². The Labute approximate surface area is 179 Å². The van der Waals surface area contributed by atoms with E-state index in [1.807, 2.05) is 0 Å². The van der Waals surface area contributed by atoms with Crippen LogP contribution in [-0.2, 0) is 20.4 Å². The molecule has 2 rings (SSSR count). The summed E-state index contributed by atoms with van der Waals surface area (Å²) in [5, 5.41) is 2.61. The molecule has 1 aromatic heterocycles. The third-order valence-corrected chi connectivity index (χ3v) is 4.92. The van der Waals surface area contributed by atoms with Gasteiger partial charge in [-0.25, -0.2) is 14.6 Å². The highest BCUT2D eigenvalue weighted by atomic mass is 35.5. The van der Waals surface area contributed by atoms with Gasteiger partial charge in [0.05, 0.1) is 29.9 Å². The molecular formula is C19H16ClF3N2O4S. The number of carbonyl (C=O) groups excluding carboxylic acids is 2. The number of methoxy groups -OCH3 is 1. The van der Waals surface area contributed by atoms with E-state index in [0.717, 1.165) is 17.8 Å². The van der Waals surface area contributed by atoms with Crippen molar-refractivity contribution in [1.82, 2.24) is 4.98 Å². The number of pyridine rings is 1. The summed E-state index contributed by atoms with van der Waals surface area (Å²) < 4.78 is 47.9. The number of hydrogen-bond acceptors (Lipinski definition) is 7. The number of ether oxygens (including phenoxy) is 2. The fraction of sp³-hybridized carbons (Fsp3) is 0.211. The lowest BCUT2D eigenvalue weighted by atomic mass is 10.2. The standard InChI is InChI=1S/C19H16ClF3N2O4S/c1-3-29-18(27)15(10-24-13-6-4-11(5-7-13)17(26)28-2)30-16-14(20)8-12(9-25-16)19(21,22)23/h4-10,24H,3H2,1-2H3. The number of nitrogens with one attached hydrogen (secondary N) is 1. The molecule has 1 heterocycles. The molecule has 0 atom stereocenters. The van der Waals surface area contributed by atoms with E-state index in [1.165, 1.54) is 25.4 Å². The SMILES string of the molecule is CCOC(=O)C(=CNc1ccc(C(=O)OC)cc1)Sc1ncc(C(F)(F)F)cc1Cl. The molecule has 160 valence electrons. The molecule has 30 heavy (non-hydrogen) atoms. The third kappa shape index (κ3) is 6.39. The zero-order valence-electron chi connectivity index (χ0n) is 15.7. The van der Waals surface area contributed by atoms with Crippen LogP contribution in [0, 0.1) is 0 Å². The van der Waals surface area contributed by atoms with Gasteiger partial charge in [0.25, 0.3) is 0 Å². The fourth-order valence-corrected chi connectivity index (χ4v) is 3.07. The summed E-state index contributed by atoms with van der Waals surface area (Å²) in [6.07, 6.45) is -2.64. The van der Waals surface area contributed by atoms with E-state index in [1.54, 1.807) is 19.1 Å². The van der Waals surface area contributed by atoms with Gasteiger partial charge in [-0.1, -0.05) is 23.4 Å². The molecule has 11 heteroatoms. The van der Waals surface area contributed by atoms with E-state index >= 15 is 0 Å². The van der Waals surface area contributed by atoms with Gasteiger partial charge in [-0.05, 0) is 37.3 Å². The first-order chi connectivity index (χ1) is 14.2. The fourth-order valence-electron chi connectivity index (χ4n) is 2.06. The molecule has 0 fully saturated rings. The molecule has 0 unspecified atom stereocenters. The summed E-state index contributed by atoms with van der Waals surface area (Å²) in [6, 6.07) is 6.94. The molecular weight excluding hydrogens is 445 g/mol. The predicted molar refractivity (Wildman–Crippen MR) is 106 cm³/mol. The highest BCUT2D eigenvalue weighted by molar-refractivity contribution is 8.04. The lowest BCUT2D eigenvalue weighted by Crippen LogP contribution is -2.08. The van der Waals surface area contributed by atoms with Crippen LogP contribution in [0.25, 0.3) is 0 Å². The first kappa shape index (κ1) is 23.6. The Bertz CT molecular complexity index is 950. The molecule has 0 aliphatic heterocycles. The second kappa shape index (κ2) is 10.4. The van der Waals surface area contributed by atoms with Crippen LogP contribution >= 0.6 is 23.4 Å². The van der Waals surface area contributed by atoms with Crippen LogP contribution in [0.15, 0.2) is 52.7 Å². The number of nitrogens with zero attached hydrogens (tertiary/aromatic N) is 1. The number of esters is 2. The smallest absolute Gasteiger partial charge is 0.417 e. The van der Waals surface area contributed by atoms with Crippen LogP contribution in [0.5, 0.6) is 0 Å². The van der Waals surface area contributed by atoms with E-state index in [-0.39, 0.29) is 21.6 Å². The second-order valence-electron chi connectivity index (χ2n) is 5.55. The average molecular weight is 461 g/mol. The number of thioether (sulfide) groups is 1. The van der Waals surface area contributed by atoms with Crippen molar-refractivity contribution >= 4 is 41.0 Å². The number of halogens is 4. The summed E-state index contributed by atoms with van der Waals surface area (Å²) in [5.74, 6) is -1.21. The highest BCUT2D eigenvalue weighted by Crippen LogP contribution is 2.36. The minimum absolute atomic E-state index is 0.00630. The van der Waals surface area contributed by atoms with Crippen LogP contribution in [0.3, 0.4) is 0 Å². The Morgan fingerprint density at radius 3 is 2.47 bits per heavy atom. The quantitative estimate of drug-likeness (QED) is 0.348. The molecule has 0 saturated carbocycles. The molecule has 1 aromatic carbocycles. The van der Waals surface area contributed by atoms with Crippen molar-refractivity contribution in [2.75, 3.05) is 19.0 Å². The molecule has 6 nitrogen and oxygen atoms in total. The van der Waals surface area contributed by atoms with Crippen LogP contribution in [0.2, 0.25) is 5.02 Å². The normalized spacial score (nSPS) is 11.7. The van der Waals surface area contributed by atoms with E-state index < -0.39 is 23.7 Å². The van der Waals surface area contributed by atoms with Crippen molar-refractivity contribution in [2.24, 2.45) is 0 Å². The van der Waals surface area contributed by atoms with Gasteiger partial charge in [-0.3, -0.25) is 0 Å². The molecule has 0 amide bonds. The maximum absolute atomic E-state index is 12.8. The largest absolute Gasteiger partial charge is 0.465 e. The number of carbonyl (C=O) groups is 2. The van der Waals surface area contributed by atoms with Crippen molar-refractivity contribution in [2.45, 2.75) is 18.1 Å². The Hall–Kier alpha value is -2.72. The molecule has 0 radical (unpaired) electrons. The maximum atomic E-state index is 12.8.